The Bertz CT molecular complexity index is 1100. The van der Waals surface area contributed by atoms with Gasteiger partial charge in [-0.25, -0.2) is 9.37 Å². The Kier molecular flexibility index (Phi) is 5.65. The minimum absolute atomic E-state index is 0.144. The van der Waals surface area contributed by atoms with Crippen LogP contribution in [0.1, 0.15) is 47.9 Å². The predicted molar refractivity (Wildman–Crippen MR) is 105 cm³/mol. The summed E-state index contributed by atoms with van der Waals surface area (Å²) in [5.74, 6) is -1.40. The van der Waals surface area contributed by atoms with Gasteiger partial charge in [-0.1, -0.05) is 6.07 Å². The van der Waals surface area contributed by atoms with Gasteiger partial charge in [-0.05, 0) is 49.8 Å². The molecule has 1 aliphatic carbocycles. The molecule has 1 saturated carbocycles. The molecule has 1 amide bonds. The molecule has 0 aliphatic heterocycles. The molecular weight excluding hydrogens is 416 g/mol. The van der Waals surface area contributed by atoms with Crippen LogP contribution < -0.4 is 5.32 Å². The highest BCUT2D eigenvalue weighted by molar-refractivity contribution is 6.03. The summed E-state index contributed by atoms with van der Waals surface area (Å²) in [6, 6.07) is 5.68. The summed E-state index contributed by atoms with van der Waals surface area (Å²) in [4.78, 5) is 15.7. The summed E-state index contributed by atoms with van der Waals surface area (Å²) < 4.78 is 54.8. The first-order valence-corrected chi connectivity index (χ1v) is 9.89. The van der Waals surface area contributed by atoms with E-state index >= 15 is 0 Å². The number of anilines is 1. The lowest BCUT2D eigenvalue weighted by molar-refractivity contribution is -0.141. The van der Waals surface area contributed by atoms with Gasteiger partial charge in [0, 0.05) is 24.3 Å². The largest absolute Gasteiger partial charge is 0.433 e. The van der Waals surface area contributed by atoms with Crippen molar-refractivity contribution in [1.82, 2.24) is 14.8 Å². The van der Waals surface area contributed by atoms with E-state index in [0.29, 0.717) is 16.8 Å². The van der Waals surface area contributed by atoms with Gasteiger partial charge in [0.1, 0.15) is 17.2 Å². The van der Waals surface area contributed by atoms with E-state index < -0.39 is 29.3 Å². The number of rotatable bonds is 4. The molecule has 0 unspecified atom stereocenters. The van der Waals surface area contributed by atoms with Crippen LogP contribution in [0.3, 0.4) is 0 Å². The van der Waals surface area contributed by atoms with E-state index in [1.807, 2.05) is 0 Å². The lowest BCUT2D eigenvalue weighted by atomic mass is 9.87. The Hall–Kier alpha value is -3.01. The third-order valence-electron chi connectivity index (χ3n) is 5.58. The van der Waals surface area contributed by atoms with Crippen molar-refractivity contribution in [3.05, 3.63) is 53.7 Å². The summed E-state index contributed by atoms with van der Waals surface area (Å²) >= 11 is 0. The van der Waals surface area contributed by atoms with Crippen LogP contribution in [0.25, 0.3) is 10.9 Å². The molecule has 6 nitrogen and oxygen atoms in total. The maximum Gasteiger partial charge on any atom is 0.433 e. The first-order valence-electron chi connectivity index (χ1n) is 9.89. The quantitative estimate of drug-likeness (QED) is 0.588. The molecule has 4 rings (SSSR count). The highest BCUT2D eigenvalue weighted by Gasteiger charge is 2.33. The zero-order chi connectivity index (χ0) is 22.2. The molecule has 2 N–H and O–H groups in total. The smallest absolute Gasteiger partial charge is 0.396 e. The molecular formula is C21H20F4N4O2. The average molecular weight is 436 g/mol. The topological polar surface area (TPSA) is 80.0 Å². The molecule has 0 radical (unpaired) electrons. The molecule has 0 saturated heterocycles. The Morgan fingerprint density at radius 2 is 1.94 bits per heavy atom. The number of aliphatic hydroxyl groups is 1. The molecule has 0 atom stereocenters. The molecule has 0 bridgehead atoms. The van der Waals surface area contributed by atoms with Gasteiger partial charge in [-0.2, -0.15) is 18.3 Å². The highest BCUT2D eigenvalue weighted by Crippen LogP contribution is 2.33. The number of fused-ring (bicyclic) bond motifs is 1. The molecule has 1 aromatic carbocycles. The second-order valence-electron chi connectivity index (χ2n) is 7.72. The number of benzene rings is 1. The number of nitrogens with one attached hydrogen (secondary N) is 1. The Balaban J connectivity index is 1.55. The van der Waals surface area contributed by atoms with Gasteiger partial charge in [0.05, 0.1) is 17.2 Å². The van der Waals surface area contributed by atoms with Crippen molar-refractivity contribution in [2.45, 2.75) is 37.9 Å². The van der Waals surface area contributed by atoms with E-state index in [2.05, 4.69) is 15.4 Å². The van der Waals surface area contributed by atoms with Crippen LogP contribution in [0.4, 0.5) is 23.2 Å². The molecule has 2 heterocycles. The van der Waals surface area contributed by atoms with Crippen molar-refractivity contribution in [3.8, 4) is 0 Å². The molecule has 3 aromatic rings. The number of carbonyl (C=O) groups excluding carboxylic acids is 1. The second kappa shape index (κ2) is 8.26. The first kappa shape index (κ1) is 21.2. The van der Waals surface area contributed by atoms with Crippen molar-refractivity contribution in [3.63, 3.8) is 0 Å². The van der Waals surface area contributed by atoms with E-state index in [1.165, 1.54) is 12.1 Å². The summed E-state index contributed by atoms with van der Waals surface area (Å²) in [5, 5.41) is 16.6. The zero-order valence-electron chi connectivity index (χ0n) is 16.4. The molecule has 1 aliphatic rings. The van der Waals surface area contributed by atoms with E-state index in [-0.39, 0.29) is 18.3 Å². The zero-order valence-corrected chi connectivity index (χ0v) is 16.4. The van der Waals surface area contributed by atoms with Crippen LogP contribution in [0.5, 0.6) is 0 Å². The minimum atomic E-state index is -4.69. The minimum Gasteiger partial charge on any atom is -0.396 e. The standard InChI is InChI=1S/C21H20F4N4O2/c22-15-9-17-13(10-29(28-17)14-6-4-12(11-30)5-7-14)8-18(15)27-20(31)16-2-1-3-19(26-16)21(23,24)25/h1-3,8-10,12,14,30H,4-7,11H2,(H,27,31)/t12-,14-. The van der Waals surface area contributed by atoms with Crippen LogP contribution in [-0.4, -0.2) is 32.4 Å². The van der Waals surface area contributed by atoms with Gasteiger partial charge in [-0.3, -0.25) is 9.48 Å². The number of hydrogen-bond donors (Lipinski definition) is 2. The van der Waals surface area contributed by atoms with Crippen molar-refractivity contribution < 1.29 is 27.5 Å². The number of pyridine rings is 1. The summed E-state index contributed by atoms with van der Waals surface area (Å²) in [6.45, 7) is 0.169. The van der Waals surface area contributed by atoms with Gasteiger partial charge in [0.15, 0.2) is 0 Å². The third kappa shape index (κ3) is 4.53. The molecule has 10 heteroatoms. The fraction of sp³-hybridized carbons (Fsp3) is 0.381. The van der Waals surface area contributed by atoms with Gasteiger partial charge in [0.25, 0.3) is 5.91 Å². The fourth-order valence-electron chi connectivity index (χ4n) is 3.85. The lowest BCUT2D eigenvalue weighted by Crippen LogP contribution is -2.20. The van der Waals surface area contributed by atoms with Crippen LogP contribution in [-0.2, 0) is 6.18 Å². The first-order chi connectivity index (χ1) is 14.7. The molecule has 0 spiro atoms. The molecule has 31 heavy (non-hydrogen) atoms. The number of aromatic nitrogens is 3. The van der Waals surface area contributed by atoms with Crippen molar-refractivity contribution >= 4 is 22.5 Å². The summed E-state index contributed by atoms with van der Waals surface area (Å²) in [5.41, 5.74) is -1.42. The van der Waals surface area contributed by atoms with Gasteiger partial charge in [0.2, 0.25) is 0 Å². The van der Waals surface area contributed by atoms with E-state index in [4.69, 9.17) is 0 Å². The van der Waals surface area contributed by atoms with E-state index in [9.17, 15) is 27.5 Å². The molecule has 164 valence electrons. The maximum absolute atomic E-state index is 14.5. The van der Waals surface area contributed by atoms with E-state index in [0.717, 1.165) is 43.9 Å². The number of nitrogens with zero attached hydrogens (tertiary/aromatic N) is 3. The molecule has 1 fully saturated rings. The number of aliphatic hydroxyl groups excluding tert-OH is 1. The van der Waals surface area contributed by atoms with Gasteiger partial charge in [-0.15, -0.1) is 0 Å². The lowest BCUT2D eigenvalue weighted by Gasteiger charge is -2.27. The number of carbonyl (C=O) groups is 1. The number of halogens is 4. The van der Waals surface area contributed by atoms with Crippen LogP contribution in [0.15, 0.2) is 36.5 Å². The van der Waals surface area contributed by atoms with Crippen LogP contribution in [0.2, 0.25) is 0 Å². The second-order valence-corrected chi connectivity index (χ2v) is 7.72. The fourth-order valence-corrected chi connectivity index (χ4v) is 3.85. The van der Waals surface area contributed by atoms with Gasteiger partial charge >= 0.3 is 6.18 Å². The Morgan fingerprint density at radius 1 is 1.19 bits per heavy atom. The summed E-state index contributed by atoms with van der Waals surface area (Å²) in [7, 11) is 0. The average Bonchev–Trinajstić information content (AvgIpc) is 3.16. The summed E-state index contributed by atoms with van der Waals surface area (Å²) in [6.07, 6.45) is 0.551. The highest BCUT2D eigenvalue weighted by atomic mass is 19.4. The number of amides is 1. The SMILES string of the molecule is O=C(Nc1cc2cn([C@H]3CC[C@H](CO)CC3)nc2cc1F)c1cccc(C(F)(F)F)n1. The predicted octanol–water partition coefficient (Wildman–Crippen LogP) is 4.57. The van der Waals surface area contributed by atoms with E-state index in [1.54, 1.807) is 10.9 Å². The Labute approximate surface area is 174 Å². The third-order valence-corrected chi connectivity index (χ3v) is 5.58. The monoisotopic (exact) mass is 436 g/mol. The van der Waals surface area contributed by atoms with Crippen molar-refractivity contribution in [1.29, 1.82) is 0 Å². The normalized spacial score (nSPS) is 19.5. The van der Waals surface area contributed by atoms with Crippen molar-refractivity contribution in [2.75, 3.05) is 11.9 Å². The van der Waals surface area contributed by atoms with Crippen molar-refractivity contribution in [2.24, 2.45) is 5.92 Å². The number of alkyl halides is 3. The molecule has 2 aromatic heterocycles. The maximum atomic E-state index is 14.5. The van der Waals surface area contributed by atoms with Crippen LogP contribution >= 0.6 is 0 Å². The Morgan fingerprint density at radius 3 is 2.61 bits per heavy atom. The van der Waals surface area contributed by atoms with Crippen LogP contribution in [0, 0.1) is 11.7 Å². The number of hydrogen-bond acceptors (Lipinski definition) is 4. The van der Waals surface area contributed by atoms with Gasteiger partial charge < -0.3 is 10.4 Å².